The molecule has 0 fully saturated rings. The summed E-state index contributed by atoms with van der Waals surface area (Å²) in [6.45, 7) is 0. The molecular formula is C23H16BrClN4OS. The van der Waals surface area contributed by atoms with E-state index in [0.717, 1.165) is 32.2 Å². The number of azo groups is 1. The fraction of sp³-hybridized carbons (Fsp3) is 0. The van der Waals surface area contributed by atoms with Crippen LogP contribution in [0.25, 0.3) is 33.3 Å². The van der Waals surface area contributed by atoms with Gasteiger partial charge in [0, 0.05) is 20.8 Å². The van der Waals surface area contributed by atoms with Gasteiger partial charge < -0.3 is 10.1 Å². The van der Waals surface area contributed by atoms with E-state index < -0.39 is 0 Å². The molecule has 2 N–H and O–H groups in total. The van der Waals surface area contributed by atoms with E-state index in [2.05, 4.69) is 72.5 Å². The standard InChI is InChI=1S/C23H15BrN4OS.ClH/c24-17-10-11-19-18(12-17)21(22(29)25-19)27-28-23-26-20(13-30-23)16-8-6-15(7-9-16)14-4-2-1-3-5-14;/h1-13,25,29H;1H. The fourth-order valence-corrected chi connectivity index (χ4v) is 4.24. The van der Waals surface area contributed by atoms with Gasteiger partial charge in [0.25, 0.3) is 0 Å². The van der Waals surface area contributed by atoms with Crippen molar-refractivity contribution in [3.63, 3.8) is 0 Å². The van der Waals surface area contributed by atoms with E-state index in [1.54, 1.807) is 0 Å². The lowest BCUT2D eigenvalue weighted by Gasteiger charge is -2.02. The van der Waals surface area contributed by atoms with E-state index in [1.165, 1.54) is 16.9 Å². The molecule has 0 aliphatic carbocycles. The van der Waals surface area contributed by atoms with Gasteiger partial charge in [-0.1, -0.05) is 70.5 Å². The lowest BCUT2D eigenvalue weighted by atomic mass is 10.0. The van der Waals surface area contributed by atoms with Gasteiger partial charge in [-0.05, 0) is 29.3 Å². The average Bonchev–Trinajstić information content (AvgIpc) is 3.37. The van der Waals surface area contributed by atoms with E-state index in [0.29, 0.717) is 10.8 Å². The molecule has 2 aromatic heterocycles. The minimum Gasteiger partial charge on any atom is -0.493 e. The van der Waals surface area contributed by atoms with Gasteiger partial charge in [-0.15, -0.1) is 34.0 Å². The Hall–Kier alpha value is -3.00. The van der Waals surface area contributed by atoms with Crippen LogP contribution in [-0.4, -0.2) is 15.1 Å². The number of aromatic hydroxyl groups is 1. The van der Waals surface area contributed by atoms with Gasteiger partial charge >= 0.3 is 0 Å². The molecule has 5 rings (SSSR count). The Bertz CT molecular complexity index is 1360. The summed E-state index contributed by atoms with van der Waals surface area (Å²) >= 11 is 4.85. The first kappa shape index (κ1) is 21.2. The molecule has 0 spiro atoms. The molecule has 0 amide bonds. The second-order valence-electron chi connectivity index (χ2n) is 6.67. The number of fused-ring (bicyclic) bond motifs is 1. The molecule has 0 aliphatic heterocycles. The lowest BCUT2D eigenvalue weighted by Crippen LogP contribution is -1.80. The quantitative estimate of drug-likeness (QED) is 0.238. The predicted molar refractivity (Wildman–Crippen MR) is 132 cm³/mol. The smallest absolute Gasteiger partial charge is 0.230 e. The summed E-state index contributed by atoms with van der Waals surface area (Å²) < 4.78 is 0.904. The minimum atomic E-state index is -0.0138. The van der Waals surface area contributed by atoms with E-state index in [4.69, 9.17) is 0 Å². The van der Waals surface area contributed by atoms with Crippen molar-refractivity contribution < 1.29 is 5.11 Å². The van der Waals surface area contributed by atoms with Gasteiger partial charge in [0.05, 0.1) is 11.2 Å². The number of aromatic amines is 1. The minimum absolute atomic E-state index is 0. The van der Waals surface area contributed by atoms with Crippen LogP contribution in [0.3, 0.4) is 0 Å². The molecule has 8 heteroatoms. The Balaban J connectivity index is 0.00000231. The topological polar surface area (TPSA) is 73.6 Å². The number of nitrogens with one attached hydrogen (secondary N) is 1. The van der Waals surface area contributed by atoms with Gasteiger partial charge in [-0.25, -0.2) is 4.98 Å². The SMILES string of the molecule is Cl.Oc1[nH]c2ccc(Br)cc2c1N=Nc1nc(-c2ccc(-c3ccccc3)cc2)cs1. The lowest BCUT2D eigenvalue weighted by molar-refractivity contribution is 0.459. The number of benzene rings is 3. The van der Waals surface area contributed by atoms with Crippen molar-refractivity contribution in [2.24, 2.45) is 10.2 Å². The highest BCUT2D eigenvalue weighted by Gasteiger charge is 2.11. The molecule has 0 saturated carbocycles. The van der Waals surface area contributed by atoms with E-state index in [9.17, 15) is 5.11 Å². The van der Waals surface area contributed by atoms with Gasteiger partial charge in [0.2, 0.25) is 11.0 Å². The second-order valence-corrected chi connectivity index (χ2v) is 8.42. The molecule has 31 heavy (non-hydrogen) atoms. The van der Waals surface area contributed by atoms with Crippen LogP contribution in [0.15, 0.2) is 92.9 Å². The Morgan fingerprint density at radius 3 is 2.35 bits per heavy atom. The zero-order chi connectivity index (χ0) is 20.5. The summed E-state index contributed by atoms with van der Waals surface area (Å²) in [5, 5.41) is 21.9. The summed E-state index contributed by atoms with van der Waals surface area (Å²) in [6, 6.07) is 24.2. The predicted octanol–water partition coefficient (Wildman–Crippen LogP) is 8.26. The van der Waals surface area contributed by atoms with Crippen LogP contribution >= 0.6 is 39.7 Å². The number of hydrogen-bond donors (Lipinski definition) is 2. The van der Waals surface area contributed by atoms with Crippen molar-refractivity contribution in [1.29, 1.82) is 0 Å². The number of hydrogen-bond acceptors (Lipinski definition) is 5. The summed E-state index contributed by atoms with van der Waals surface area (Å²) in [7, 11) is 0. The number of nitrogens with zero attached hydrogens (tertiary/aromatic N) is 3. The molecule has 2 heterocycles. The molecule has 0 radical (unpaired) electrons. The number of thiazole rings is 1. The maximum Gasteiger partial charge on any atom is 0.230 e. The number of H-pyrrole nitrogens is 1. The maximum absolute atomic E-state index is 10.2. The van der Waals surface area contributed by atoms with Gasteiger partial charge in [0.15, 0.2) is 5.69 Å². The number of halogens is 2. The molecule has 154 valence electrons. The normalized spacial score (nSPS) is 11.1. The fourth-order valence-electron chi connectivity index (χ4n) is 3.24. The second kappa shape index (κ2) is 9.01. The molecule has 3 aromatic carbocycles. The highest BCUT2D eigenvalue weighted by Crippen LogP contribution is 2.38. The zero-order valence-electron chi connectivity index (χ0n) is 16.0. The largest absolute Gasteiger partial charge is 0.493 e. The zero-order valence-corrected chi connectivity index (χ0v) is 19.2. The van der Waals surface area contributed by atoms with Crippen LogP contribution in [0.5, 0.6) is 5.88 Å². The highest BCUT2D eigenvalue weighted by molar-refractivity contribution is 9.10. The van der Waals surface area contributed by atoms with Crippen molar-refractivity contribution >= 4 is 61.4 Å². The van der Waals surface area contributed by atoms with E-state index >= 15 is 0 Å². The van der Waals surface area contributed by atoms with E-state index in [1.807, 2.05) is 41.8 Å². The monoisotopic (exact) mass is 510 g/mol. The van der Waals surface area contributed by atoms with Gasteiger partial charge in [0.1, 0.15) is 0 Å². The van der Waals surface area contributed by atoms with Gasteiger partial charge in [-0.3, -0.25) is 0 Å². The molecule has 5 nitrogen and oxygen atoms in total. The van der Waals surface area contributed by atoms with Crippen molar-refractivity contribution in [3.8, 4) is 28.3 Å². The molecule has 5 aromatic rings. The first-order valence-corrected chi connectivity index (χ1v) is 10.9. The van der Waals surface area contributed by atoms with Crippen LogP contribution < -0.4 is 0 Å². The van der Waals surface area contributed by atoms with Crippen molar-refractivity contribution in [2.45, 2.75) is 0 Å². The summed E-state index contributed by atoms with van der Waals surface area (Å²) in [5.74, 6) is -0.0138. The number of aromatic nitrogens is 2. The van der Waals surface area contributed by atoms with Crippen molar-refractivity contribution in [2.75, 3.05) is 0 Å². The first-order valence-electron chi connectivity index (χ1n) is 9.21. The third-order valence-corrected chi connectivity index (χ3v) is 5.95. The van der Waals surface area contributed by atoms with Crippen molar-refractivity contribution in [1.82, 2.24) is 9.97 Å². The molecule has 0 saturated heterocycles. The Labute approximate surface area is 197 Å². The Kier molecular flexibility index (Phi) is 6.18. The van der Waals surface area contributed by atoms with Crippen molar-refractivity contribution in [3.05, 3.63) is 82.6 Å². The van der Waals surface area contributed by atoms with Crippen LogP contribution in [0.1, 0.15) is 0 Å². The molecular weight excluding hydrogens is 496 g/mol. The Morgan fingerprint density at radius 2 is 1.58 bits per heavy atom. The van der Waals surface area contributed by atoms with Crippen LogP contribution in [-0.2, 0) is 0 Å². The van der Waals surface area contributed by atoms with Crippen LogP contribution in [0.2, 0.25) is 0 Å². The first-order chi connectivity index (χ1) is 14.7. The average molecular weight is 512 g/mol. The molecule has 0 bridgehead atoms. The van der Waals surface area contributed by atoms with E-state index in [-0.39, 0.29) is 18.3 Å². The third-order valence-electron chi connectivity index (χ3n) is 4.73. The molecule has 0 atom stereocenters. The summed E-state index contributed by atoms with van der Waals surface area (Å²) in [5.41, 5.74) is 5.40. The summed E-state index contributed by atoms with van der Waals surface area (Å²) in [4.78, 5) is 7.47. The van der Waals surface area contributed by atoms with Crippen LogP contribution in [0.4, 0.5) is 10.8 Å². The molecule has 0 aliphatic rings. The molecule has 0 unspecified atom stereocenters. The van der Waals surface area contributed by atoms with Crippen LogP contribution in [0, 0.1) is 0 Å². The Morgan fingerprint density at radius 1 is 0.871 bits per heavy atom. The number of rotatable bonds is 4. The van der Waals surface area contributed by atoms with Gasteiger partial charge in [-0.2, -0.15) is 0 Å². The summed E-state index contributed by atoms with van der Waals surface area (Å²) in [6.07, 6.45) is 0. The third kappa shape index (κ3) is 4.39. The maximum atomic E-state index is 10.2. The highest BCUT2D eigenvalue weighted by atomic mass is 79.9.